The average Bonchev–Trinajstić information content (AvgIpc) is 2.89. The maximum Gasteiger partial charge on any atom is 0.190 e. The molecule has 0 aromatic carbocycles. The van der Waals surface area contributed by atoms with Crippen molar-refractivity contribution in [2.45, 2.75) is 232 Å². The standard InChI is InChI=1S/C36H81I11Si11/c1-28(2,3)48(29(4,5)6,30(7,8)9)51(37,38)56(45)52(39,40)57(46)54(43,49(31(10,11)12,32(13,14)15)33(16,17)18)55(44,58(57,47)53(56,41)42)50(34(19,20)21,35(22,23)24)36(25,26)27/h1-27H3. The minimum Gasteiger partial charge on any atom is -0.128 e. The molecule has 2 fully saturated rings. The third-order valence-corrected chi connectivity index (χ3v) is 795. The van der Waals surface area contributed by atoms with E-state index in [0.29, 0.717) is 45.3 Å². The van der Waals surface area contributed by atoms with E-state index in [1.165, 1.54) is 0 Å². The van der Waals surface area contributed by atoms with E-state index in [0.717, 1.165) is 0 Å². The van der Waals surface area contributed by atoms with Gasteiger partial charge in [-0.05, 0) is 45.3 Å². The minimum atomic E-state index is -2.28. The molecule has 2 saturated heterocycles. The highest BCUT2D eigenvalue weighted by Crippen LogP contribution is 2.91. The van der Waals surface area contributed by atoms with E-state index in [1.54, 1.807) is 0 Å². The van der Waals surface area contributed by atoms with Gasteiger partial charge >= 0.3 is 0 Å². The molecule has 0 aromatic rings. The molecule has 0 bridgehead atoms. The largest absolute Gasteiger partial charge is 0.190 e. The first-order chi connectivity index (χ1) is 24.2. The van der Waals surface area contributed by atoms with Crippen LogP contribution in [-0.4, -0.2) is 49.7 Å². The van der Waals surface area contributed by atoms with Crippen LogP contribution in [-0.2, 0) is 0 Å². The second-order valence-electron chi connectivity index (χ2n) is 27.5. The number of fused-ring (bicyclic) bond motifs is 1. The molecule has 0 radical (unpaired) electrons. The van der Waals surface area contributed by atoms with Crippen LogP contribution in [0.2, 0.25) is 45.3 Å². The maximum atomic E-state index is 3.80. The van der Waals surface area contributed by atoms with E-state index in [9.17, 15) is 0 Å². The topological polar surface area (TPSA) is 0 Å². The molecular weight excluding hydrogens is 2140 g/mol. The van der Waals surface area contributed by atoms with Crippen molar-refractivity contribution in [3.63, 3.8) is 0 Å². The number of rotatable bonds is 4. The van der Waals surface area contributed by atoms with Crippen LogP contribution in [0.4, 0.5) is 0 Å². The summed E-state index contributed by atoms with van der Waals surface area (Å²) in [6, 6.07) is 0. The van der Waals surface area contributed by atoms with Crippen LogP contribution in [0.1, 0.15) is 187 Å². The highest BCUT2D eigenvalue weighted by atomic mass is 127. The van der Waals surface area contributed by atoms with Gasteiger partial charge in [0.05, 0.1) is 22.8 Å². The summed E-state index contributed by atoms with van der Waals surface area (Å²) >= 11 is 40.4. The molecule has 2 aliphatic rings. The zero-order valence-electron chi connectivity index (χ0n) is 41.2. The molecule has 4 unspecified atom stereocenters. The maximum absolute atomic E-state index is 3.80. The number of halogens is 11. The van der Waals surface area contributed by atoms with Gasteiger partial charge in [-0.25, -0.2) is 0 Å². The Kier molecular flexibility index (Phi) is 19.5. The molecule has 0 N–H and O–H groups in total. The van der Waals surface area contributed by atoms with Crippen LogP contribution >= 0.6 is 240 Å². The Morgan fingerprint density at radius 3 is 0.534 bits per heavy atom. The first-order valence-corrected chi connectivity index (χ1v) is 89.1. The average molecular weight is 2220 g/mol. The van der Waals surface area contributed by atoms with Gasteiger partial charge in [-0.2, -0.15) is 0 Å². The highest BCUT2D eigenvalue weighted by Gasteiger charge is 3.14. The van der Waals surface area contributed by atoms with Gasteiger partial charge in [-0.15, -0.1) is 240 Å². The fourth-order valence-electron chi connectivity index (χ4n) is 18.7. The van der Waals surface area contributed by atoms with Crippen molar-refractivity contribution < 1.29 is 0 Å². The molecule has 2 rings (SSSR count). The van der Waals surface area contributed by atoms with Gasteiger partial charge in [0.2, 0.25) is 0 Å². The summed E-state index contributed by atoms with van der Waals surface area (Å²) in [5, 5.41) is 2.83. The summed E-state index contributed by atoms with van der Waals surface area (Å²) in [6.07, 6.45) is 0. The monoisotopic (exact) mass is 2220 g/mol. The predicted molar refractivity (Wildman–Crippen MR) is 395 cm³/mol. The molecule has 58 heavy (non-hydrogen) atoms. The molecule has 4 atom stereocenters. The summed E-state index contributed by atoms with van der Waals surface area (Å²) in [5.74, 6) is 0. The molecular formula is C36H81I11Si11. The lowest BCUT2D eigenvalue weighted by Gasteiger charge is -2.87. The van der Waals surface area contributed by atoms with Crippen LogP contribution in [0.5, 0.6) is 0 Å². The summed E-state index contributed by atoms with van der Waals surface area (Å²) in [5.41, 5.74) is 0. The van der Waals surface area contributed by atoms with E-state index in [2.05, 4.69) is 427 Å². The van der Waals surface area contributed by atoms with Crippen LogP contribution in [0, 0.1) is 0 Å². The van der Waals surface area contributed by atoms with E-state index in [4.69, 9.17) is 0 Å². The van der Waals surface area contributed by atoms with Gasteiger partial charge in [-0.3, -0.25) is 0 Å². The van der Waals surface area contributed by atoms with Crippen molar-refractivity contribution in [3.8, 4) is 0 Å². The third-order valence-electron chi connectivity index (χ3n) is 15.7. The normalized spacial score (nSPS) is 32.6. The second kappa shape index (κ2) is 17.5. The summed E-state index contributed by atoms with van der Waals surface area (Å²) in [6.45, 7) is 76.3. The van der Waals surface area contributed by atoms with Gasteiger partial charge in [-0.1, -0.05) is 187 Å². The lowest BCUT2D eigenvalue weighted by molar-refractivity contribution is 0.551. The van der Waals surface area contributed by atoms with Gasteiger partial charge in [0.25, 0.3) is 0 Å². The first-order valence-electron chi connectivity index (χ1n) is 20.8. The Hall–Kier alpha value is 10.4. The molecule has 0 aromatic heterocycles. The molecule has 0 amide bonds. The van der Waals surface area contributed by atoms with Crippen LogP contribution < -0.4 is 0 Å². The highest BCUT2D eigenvalue weighted by molar-refractivity contribution is 14.3. The zero-order chi connectivity index (χ0) is 48.0. The summed E-state index contributed by atoms with van der Waals surface area (Å²) in [7, 11) is -6.69. The van der Waals surface area contributed by atoms with Crippen molar-refractivity contribution in [1.82, 2.24) is 0 Å². The molecule has 2 aliphatic heterocycles. The van der Waals surface area contributed by atoms with Crippen LogP contribution in [0.3, 0.4) is 0 Å². The molecule has 2 heterocycles. The summed E-state index contributed by atoms with van der Waals surface area (Å²) in [4.78, 5) is 0. The summed E-state index contributed by atoms with van der Waals surface area (Å²) < 4.78 is -16.6. The van der Waals surface area contributed by atoms with Crippen molar-refractivity contribution in [1.29, 1.82) is 0 Å². The van der Waals surface area contributed by atoms with Crippen molar-refractivity contribution in [2.75, 3.05) is 0 Å². The van der Waals surface area contributed by atoms with Crippen LogP contribution in [0.15, 0.2) is 0 Å². The van der Waals surface area contributed by atoms with E-state index >= 15 is 0 Å². The van der Waals surface area contributed by atoms with E-state index < -0.39 is 49.7 Å². The van der Waals surface area contributed by atoms with Gasteiger partial charge in [0.1, 0.15) is 16.5 Å². The Labute approximate surface area is 510 Å². The molecule has 0 nitrogen and oxygen atoms in total. The van der Waals surface area contributed by atoms with Gasteiger partial charge in [0, 0.05) is 0 Å². The number of hydrogen-bond acceptors (Lipinski definition) is 0. The van der Waals surface area contributed by atoms with Crippen molar-refractivity contribution in [2.24, 2.45) is 0 Å². The SMILES string of the molecule is CC(C)(C)[Si](C(C)(C)C)(C(C)(C)C)[Si](I)(I)[Si]1(I)[Si](I)(I)[Si]2(I)[Si](I)([Si](C(C)(C)C)(C(C)(C)C)C(C)(C)C)[Si](I)([Si](C(C)(C)C)(C(C)(C)C)C(C)(C)C)[Si]2(I)[Si]1(I)I. The van der Waals surface area contributed by atoms with Gasteiger partial charge < -0.3 is 0 Å². The Morgan fingerprint density at radius 2 is 0.414 bits per heavy atom. The lowest BCUT2D eigenvalue weighted by Crippen LogP contribution is -3.17. The third kappa shape index (κ3) is 7.15. The quantitative estimate of drug-likeness (QED) is 0.150. The molecule has 0 aliphatic carbocycles. The lowest BCUT2D eigenvalue weighted by atomic mass is 10.2. The zero-order valence-corrected chi connectivity index (χ0v) is 75.9. The predicted octanol–water partition coefficient (Wildman–Crippen LogP) is 21.3. The van der Waals surface area contributed by atoms with Crippen molar-refractivity contribution >= 4 is 289 Å². The second-order valence-corrected chi connectivity index (χ2v) is 291. The van der Waals surface area contributed by atoms with E-state index in [-0.39, 0.29) is 0 Å². The number of hydrogen-bond donors (Lipinski definition) is 0. The minimum absolute atomic E-state index is 0.312. The first kappa shape index (κ1) is 64.5. The molecule has 22 heteroatoms. The van der Waals surface area contributed by atoms with Crippen molar-refractivity contribution in [3.05, 3.63) is 0 Å². The molecule has 346 valence electrons. The molecule has 0 saturated carbocycles. The Bertz CT molecular complexity index is 1440. The van der Waals surface area contributed by atoms with Crippen LogP contribution in [0.25, 0.3) is 0 Å². The Morgan fingerprint density at radius 1 is 0.259 bits per heavy atom. The smallest absolute Gasteiger partial charge is 0.128 e. The van der Waals surface area contributed by atoms with Gasteiger partial charge in [0.15, 0.2) is 10.4 Å². The molecule has 0 spiro atoms. The van der Waals surface area contributed by atoms with E-state index in [1.807, 2.05) is 0 Å². The fourth-order valence-corrected chi connectivity index (χ4v) is 1870. The Balaban J connectivity index is 4.03. The fraction of sp³-hybridized carbons (Fsp3) is 1.00.